The molecular weight excluding hydrogens is 373 g/mol. The lowest BCUT2D eigenvalue weighted by Crippen LogP contribution is -2.47. The third-order valence-corrected chi connectivity index (χ3v) is 4.98. The SMILES string of the molecule is COc1ccc(N2CCN(CCCNC(=O)COc3ccccc3F)CC2)cc1. The van der Waals surface area contributed by atoms with Crippen molar-refractivity contribution in [2.75, 3.05) is 57.9 Å². The molecule has 0 spiro atoms. The van der Waals surface area contributed by atoms with Gasteiger partial charge in [-0.3, -0.25) is 9.69 Å². The standard InChI is InChI=1S/C22H28FN3O3/c1-28-19-9-7-18(8-10-19)26-15-13-25(14-16-26)12-4-11-24-22(27)17-29-21-6-3-2-5-20(21)23/h2-3,5-10H,4,11-17H2,1H3,(H,24,27). The van der Waals surface area contributed by atoms with Gasteiger partial charge in [-0.2, -0.15) is 0 Å². The van der Waals surface area contributed by atoms with E-state index in [1.807, 2.05) is 12.1 Å². The number of carbonyl (C=O) groups excluding carboxylic acids is 1. The number of carbonyl (C=O) groups is 1. The van der Waals surface area contributed by atoms with Crippen LogP contribution < -0.4 is 19.7 Å². The number of rotatable bonds is 9. The Morgan fingerprint density at radius 1 is 1.07 bits per heavy atom. The smallest absolute Gasteiger partial charge is 0.257 e. The van der Waals surface area contributed by atoms with E-state index < -0.39 is 5.82 Å². The molecule has 29 heavy (non-hydrogen) atoms. The molecule has 0 bridgehead atoms. The van der Waals surface area contributed by atoms with Crippen molar-refractivity contribution in [3.05, 3.63) is 54.3 Å². The van der Waals surface area contributed by atoms with Crippen molar-refractivity contribution < 1.29 is 18.7 Å². The van der Waals surface area contributed by atoms with Crippen LogP contribution in [0.4, 0.5) is 10.1 Å². The number of nitrogens with one attached hydrogen (secondary N) is 1. The number of methoxy groups -OCH3 is 1. The van der Waals surface area contributed by atoms with Gasteiger partial charge in [0, 0.05) is 38.4 Å². The number of anilines is 1. The minimum Gasteiger partial charge on any atom is -0.497 e. The van der Waals surface area contributed by atoms with Gasteiger partial charge in [-0.25, -0.2) is 4.39 Å². The van der Waals surface area contributed by atoms with E-state index >= 15 is 0 Å². The van der Waals surface area contributed by atoms with E-state index in [9.17, 15) is 9.18 Å². The second-order valence-corrected chi connectivity index (χ2v) is 6.95. The van der Waals surface area contributed by atoms with Crippen LogP contribution in [0.25, 0.3) is 0 Å². The number of halogens is 1. The number of hydrogen-bond donors (Lipinski definition) is 1. The van der Waals surface area contributed by atoms with E-state index in [0.29, 0.717) is 6.54 Å². The summed E-state index contributed by atoms with van der Waals surface area (Å²) in [5, 5.41) is 2.82. The molecule has 1 saturated heterocycles. The molecule has 1 heterocycles. The Morgan fingerprint density at radius 3 is 2.48 bits per heavy atom. The second-order valence-electron chi connectivity index (χ2n) is 6.95. The first-order valence-electron chi connectivity index (χ1n) is 9.91. The van der Waals surface area contributed by atoms with Crippen LogP contribution in [0, 0.1) is 5.82 Å². The van der Waals surface area contributed by atoms with Crippen LogP contribution in [-0.2, 0) is 4.79 Å². The van der Waals surface area contributed by atoms with Crippen molar-refractivity contribution in [1.29, 1.82) is 0 Å². The third-order valence-electron chi connectivity index (χ3n) is 4.98. The third kappa shape index (κ3) is 6.35. The number of piperazine rings is 1. The minimum atomic E-state index is -0.464. The van der Waals surface area contributed by atoms with Crippen LogP contribution in [-0.4, -0.2) is 63.8 Å². The molecule has 2 aromatic carbocycles. The fraction of sp³-hybridized carbons (Fsp3) is 0.409. The Labute approximate surface area is 171 Å². The predicted octanol–water partition coefficient (Wildman–Crippen LogP) is 2.54. The Kier molecular flexibility index (Phi) is 7.69. The van der Waals surface area contributed by atoms with Crippen LogP contribution in [0.3, 0.4) is 0 Å². The van der Waals surface area contributed by atoms with E-state index in [-0.39, 0.29) is 18.3 Å². The van der Waals surface area contributed by atoms with Crippen molar-refractivity contribution >= 4 is 11.6 Å². The van der Waals surface area contributed by atoms with E-state index in [4.69, 9.17) is 9.47 Å². The summed E-state index contributed by atoms with van der Waals surface area (Å²) in [6, 6.07) is 14.2. The van der Waals surface area contributed by atoms with Crippen LogP contribution in [0.15, 0.2) is 48.5 Å². The maximum absolute atomic E-state index is 13.5. The molecule has 0 saturated carbocycles. The van der Waals surface area contributed by atoms with Gasteiger partial charge in [0.05, 0.1) is 7.11 Å². The molecule has 1 aliphatic rings. The molecule has 0 aromatic heterocycles. The Balaban J connectivity index is 1.28. The zero-order valence-electron chi connectivity index (χ0n) is 16.8. The topological polar surface area (TPSA) is 54.0 Å². The van der Waals surface area contributed by atoms with Gasteiger partial charge in [-0.05, 0) is 49.4 Å². The van der Waals surface area contributed by atoms with E-state index in [0.717, 1.165) is 44.9 Å². The minimum absolute atomic E-state index is 0.0948. The van der Waals surface area contributed by atoms with Gasteiger partial charge in [0.15, 0.2) is 18.2 Å². The second kappa shape index (κ2) is 10.7. The fourth-order valence-electron chi connectivity index (χ4n) is 3.31. The maximum Gasteiger partial charge on any atom is 0.257 e. The molecule has 1 N–H and O–H groups in total. The number of nitrogens with zero attached hydrogens (tertiary/aromatic N) is 2. The Morgan fingerprint density at radius 2 is 1.79 bits per heavy atom. The summed E-state index contributed by atoms with van der Waals surface area (Å²) < 4.78 is 23.9. The van der Waals surface area contributed by atoms with E-state index in [1.165, 1.54) is 17.8 Å². The monoisotopic (exact) mass is 401 g/mol. The highest BCUT2D eigenvalue weighted by molar-refractivity contribution is 5.77. The van der Waals surface area contributed by atoms with Crippen LogP contribution >= 0.6 is 0 Å². The average Bonchev–Trinajstić information content (AvgIpc) is 2.77. The molecule has 156 valence electrons. The summed E-state index contributed by atoms with van der Waals surface area (Å²) in [5.41, 5.74) is 1.22. The van der Waals surface area contributed by atoms with E-state index in [2.05, 4.69) is 27.2 Å². The first-order valence-corrected chi connectivity index (χ1v) is 9.91. The quantitative estimate of drug-likeness (QED) is 0.655. The van der Waals surface area contributed by atoms with Gasteiger partial charge in [0.1, 0.15) is 5.75 Å². The molecule has 0 radical (unpaired) electrons. The zero-order chi connectivity index (χ0) is 20.5. The highest BCUT2D eigenvalue weighted by atomic mass is 19.1. The zero-order valence-corrected chi connectivity index (χ0v) is 16.8. The molecule has 0 unspecified atom stereocenters. The summed E-state index contributed by atoms with van der Waals surface area (Å²) in [5.74, 6) is 0.262. The molecule has 0 atom stereocenters. The summed E-state index contributed by atoms with van der Waals surface area (Å²) in [6.07, 6.45) is 0.869. The lowest BCUT2D eigenvalue weighted by molar-refractivity contribution is -0.123. The summed E-state index contributed by atoms with van der Waals surface area (Å²) >= 11 is 0. The van der Waals surface area contributed by atoms with Gasteiger partial charge in [-0.15, -0.1) is 0 Å². The Bertz CT molecular complexity index is 777. The average molecular weight is 401 g/mol. The molecule has 7 heteroatoms. The molecule has 1 aliphatic heterocycles. The van der Waals surface area contributed by atoms with Gasteiger partial charge >= 0.3 is 0 Å². The summed E-state index contributed by atoms with van der Waals surface area (Å²) in [6.45, 7) is 5.29. The normalized spacial score (nSPS) is 14.5. The molecule has 0 aliphatic carbocycles. The summed E-state index contributed by atoms with van der Waals surface area (Å²) in [4.78, 5) is 16.6. The fourth-order valence-corrected chi connectivity index (χ4v) is 3.31. The highest BCUT2D eigenvalue weighted by Gasteiger charge is 2.17. The molecular formula is C22H28FN3O3. The van der Waals surface area contributed by atoms with Gasteiger partial charge in [0.25, 0.3) is 5.91 Å². The van der Waals surface area contributed by atoms with Gasteiger partial charge in [-0.1, -0.05) is 12.1 Å². The van der Waals surface area contributed by atoms with Crippen LogP contribution in [0.1, 0.15) is 6.42 Å². The summed E-state index contributed by atoms with van der Waals surface area (Å²) in [7, 11) is 1.67. The Hall–Kier alpha value is -2.80. The first kappa shape index (κ1) is 20.9. The molecule has 1 fully saturated rings. The van der Waals surface area contributed by atoms with Crippen molar-refractivity contribution in [2.24, 2.45) is 0 Å². The molecule has 1 amide bonds. The number of para-hydroxylation sites is 1. The lowest BCUT2D eigenvalue weighted by Gasteiger charge is -2.36. The van der Waals surface area contributed by atoms with Crippen LogP contribution in [0.5, 0.6) is 11.5 Å². The maximum atomic E-state index is 13.5. The largest absolute Gasteiger partial charge is 0.497 e. The number of amides is 1. The lowest BCUT2D eigenvalue weighted by atomic mass is 10.2. The number of benzene rings is 2. The molecule has 2 aromatic rings. The van der Waals surface area contributed by atoms with Crippen molar-refractivity contribution in [2.45, 2.75) is 6.42 Å². The van der Waals surface area contributed by atoms with Crippen molar-refractivity contribution in [1.82, 2.24) is 10.2 Å². The molecule has 6 nitrogen and oxygen atoms in total. The first-order chi connectivity index (χ1) is 14.2. The van der Waals surface area contributed by atoms with Gasteiger partial charge in [0.2, 0.25) is 0 Å². The number of hydrogen-bond acceptors (Lipinski definition) is 5. The number of ether oxygens (including phenoxy) is 2. The van der Waals surface area contributed by atoms with Crippen LogP contribution in [0.2, 0.25) is 0 Å². The van der Waals surface area contributed by atoms with Gasteiger partial charge < -0.3 is 19.7 Å². The van der Waals surface area contributed by atoms with Crippen molar-refractivity contribution in [3.63, 3.8) is 0 Å². The van der Waals surface area contributed by atoms with E-state index in [1.54, 1.807) is 19.2 Å². The predicted molar refractivity (Wildman–Crippen MR) is 111 cm³/mol. The van der Waals surface area contributed by atoms with Crippen molar-refractivity contribution in [3.8, 4) is 11.5 Å². The highest BCUT2D eigenvalue weighted by Crippen LogP contribution is 2.20. The molecule has 3 rings (SSSR count).